The zero-order valence-corrected chi connectivity index (χ0v) is 22.6. The minimum Gasteiger partial charge on any atom is -0.465 e. The van der Waals surface area contributed by atoms with E-state index in [-0.39, 0.29) is 5.41 Å². The maximum Gasteiger partial charge on any atom is 0.314 e. The molecule has 0 radical (unpaired) electrons. The Bertz CT molecular complexity index is 939. The minimum absolute atomic E-state index is 0.0904. The van der Waals surface area contributed by atoms with Gasteiger partial charge in [-0.3, -0.25) is 4.79 Å². The van der Waals surface area contributed by atoms with Crippen molar-refractivity contribution >= 4 is 5.97 Å². The number of ether oxygens (including phenoxy) is 1. The number of aliphatic hydroxyl groups is 3. The summed E-state index contributed by atoms with van der Waals surface area (Å²) >= 11 is 0. The average Bonchev–Trinajstić information content (AvgIpc) is 3.19. The number of carbonyl (C=O) groups excluding carboxylic acids is 1. The first kappa shape index (κ1) is 28.6. The Morgan fingerprint density at radius 3 is 2.69 bits per heavy atom. The Morgan fingerprint density at radius 2 is 2.00 bits per heavy atom. The molecule has 0 unspecified atom stereocenters. The number of allylic oxidation sites excluding steroid dienone is 5. The van der Waals surface area contributed by atoms with E-state index in [2.05, 4.69) is 32.2 Å². The second-order valence-electron chi connectivity index (χ2n) is 11.8. The number of fused-ring (bicyclic) bond motifs is 1. The lowest BCUT2D eigenvalue weighted by atomic mass is 9.62. The van der Waals surface area contributed by atoms with Gasteiger partial charge in [0.25, 0.3) is 0 Å². The highest BCUT2D eigenvalue weighted by atomic mass is 16.5. The van der Waals surface area contributed by atoms with Gasteiger partial charge in [-0.15, -0.1) is 0 Å². The van der Waals surface area contributed by atoms with E-state index < -0.39 is 29.7 Å². The van der Waals surface area contributed by atoms with Crippen LogP contribution in [0.5, 0.6) is 0 Å². The summed E-state index contributed by atoms with van der Waals surface area (Å²) in [7, 11) is 0. The summed E-state index contributed by atoms with van der Waals surface area (Å²) in [6, 6.07) is 0. The molecule has 0 aromatic heterocycles. The summed E-state index contributed by atoms with van der Waals surface area (Å²) in [5.74, 6) is 0.373. The van der Waals surface area contributed by atoms with Crippen molar-refractivity contribution in [2.24, 2.45) is 22.7 Å². The Balaban J connectivity index is 1.72. The molecule has 3 aliphatic carbocycles. The molecule has 0 amide bonds. The fraction of sp³-hybridized carbons (Fsp3) is 0.645. The van der Waals surface area contributed by atoms with Gasteiger partial charge in [0.05, 0.1) is 30.3 Å². The molecule has 5 nitrogen and oxygen atoms in total. The highest BCUT2D eigenvalue weighted by Gasteiger charge is 2.49. The fourth-order valence-corrected chi connectivity index (χ4v) is 6.39. The lowest BCUT2D eigenvalue weighted by molar-refractivity contribution is -0.158. The van der Waals surface area contributed by atoms with E-state index >= 15 is 0 Å². The van der Waals surface area contributed by atoms with Crippen molar-refractivity contribution in [2.75, 3.05) is 6.61 Å². The molecule has 3 rings (SSSR count). The van der Waals surface area contributed by atoms with Crippen molar-refractivity contribution < 1.29 is 24.9 Å². The van der Waals surface area contributed by atoms with Crippen LogP contribution in [-0.4, -0.2) is 46.2 Å². The third kappa shape index (κ3) is 5.95. The molecule has 0 heterocycles. The summed E-state index contributed by atoms with van der Waals surface area (Å²) in [5.41, 5.74) is 3.16. The van der Waals surface area contributed by atoms with Crippen molar-refractivity contribution in [1.82, 2.24) is 0 Å². The molecule has 0 aromatic rings. The predicted octanol–water partition coefficient (Wildman–Crippen LogP) is 5.58. The van der Waals surface area contributed by atoms with E-state index in [1.54, 1.807) is 19.9 Å². The Morgan fingerprint density at radius 1 is 1.28 bits per heavy atom. The maximum atomic E-state index is 12.4. The lowest BCUT2D eigenvalue weighted by Crippen LogP contribution is -2.37. The van der Waals surface area contributed by atoms with Crippen LogP contribution in [0.1, 0.15) is 79.1 Å². The molecule has 3 fully saturated rings. The van der Waals surface area contributed by atoms with Crippen LogP contribution >= 0.6 is 0 Å². The highest BCUT2D eigenvalue weighted by molar-refractivity contribution is 5.77. The van der Waals surface area contributed by atoms with Gasteiger partial charge in [0.1, 0.15) is 0 Å². The smallest absolute Gasteiger partial charge is 0.314 e. The summed E-state index contributed by atoms with van der Waals surface area (Å²) in [6.45, 7) is 16.5. The van der Waals surface area contributed by atoms with Gasteiger partial charge in [0.15, 0.2) is 0 Å². The number of rotatable bonds is 8. The normalized spacial score (nSPS) is 34.2. The van der Waals surface area contributed by atoms with E-state index in [0.717, 1.165) is 55.2 Å². The van der Waals surface area contributed by atoms with E-state index in [1.807, 2.05) is 13.0 Å². The summed E-state index contributed by atoms with van der Waals surface area (Å²) in [5, 5.41) is 31.0. The topological polar surface area (TPSA) is 87.0 Å². The molecule has 0 aliphatic heterocycles. The molecule has 0 aromatic carbocycles. The number of esters is 1. The number of hydrogen-bond acceptors (Lipinski definition) is 5. The van der Waals surface area contributed by atoms with Gasteiger partial charge in [-0.1, -0.05) is 62.5 Å². The number of hydrogen-bond donors (Lipinski definition) is 3. The van der Waals surface area contributed by atoms with Crippen LogP contribution in [0.4, 0.5) is 0 Å². The van der Waals surface area contributed by atoms with Crippen LogP contribution in [0.2, 0.25) is 0 Å². The molecule has 3 aliphatic rings. The molecular formula is C31H46O5. The molecule has 0 spiro atoms. The zero-order valence-electron chi connectivity index (χ0n) is 22.6. The Labute approximate surface area is 217 Å². The van der Waals surface area contributed by atoms with E-state index in [0.29, 0.717) is 31.3 Å². The predicted molar refractivity (Wildman–Crippen MR) is 144 cm³/mol. The second kappa shape index (κ2) is 11.6. The number of carbonyl (C=O) groups is 1. The number of aliphatic hydroxyl groups excluding tert-OH is 3. The monoisotopic (exact) mass is 498 g/mol. The minimum atomic E-state index is -1.02. The second-order valence-corrected chi connectivity index (χ2v) is 11.8. The maximum absolute atomic E-state index is 12.4. The van der Waals surface area contributed by atoms with E-state index in [1.165, 1.54) is 5.57 Å². The molecule has 0 bridgehead atoms. The first-order valence-electron chi connectivity index (χ1n) is 13.6. The van der Waals surface area contributed by atoms with Gasteiger partial charge in [-0.2, -0.15) is 0 Å². The molecular weight excluding hydrogens is 452 g/mol. The van der Waals surface area contributed by atoms with E-state index in [9.17, 15) is 20.1 Å². The zero-order chi connectivity index (χ0) is 26.7. The molecule has 5 heteroatoms. The van der Waals surface area contributed by atoms with Crippen LogP contribution < -0.4 is 0 Å². The van der Waals surface area contributed by atoms with Gasteiger partial charge in [-0.05, 0) is 87.2 Å². The SMILES string of the molecule is C=C(/C=C/[C@@H](O)C(C)(C)C(=O)OCCC)[C@H]1CC[C@H]2/C(=C/C=C3/C[C@@H](O)C[C@H](O)C3=C)CCC[C@]12C. The molecule has 3 saturated carbocycles. The third-order valence-corrected chi connectivity index (χ3v) is 8.87. The first-order valence-corrected chi connectivity index (χ1v) is 13.6. The summed E-state index contributed by atoms with van der Waals surface area (Å²) in [6.07, 6.45) is 12.8. The van der Waals surface area contributed by atoms with Crippen molar-refractivity contribution in [3.8, 4) is 0 Å². The van der Waals surface area contributed by atoms with Gasteiger partial charge >= 0.3 is 5.97 Å². The van der Waals surface area contributed by atoms with Gasteiger partial charge in [0.2, 0.25) is 0 Å². The van der Waals surface area contributed by atoms with Crippen LogP contribution in [-0.2, 0) is 9.53 Å². The molecule has 36 heavy (non-hydrogen) atoms. The summed E-state index contributed by atoms with van der Waals surface area (Å²) in [4.78, 5) is 12.4. The standard InChI is InChI=1S/C31H46O5/c1-7-17-36-29(35)30(4,5)28(34)15-10-20(2)25-13-14-26-22(9-8-16-31(25,26)6)11-12-23-18-24(32)19-27(33)21(23)3/h10-12,15,24-28,32-34H,2-3,7-9,13-14,16-19H2,1,4-6H3/b15-10+,22-11+,23-12-/t24-,25-,26+,27+,28-,31-/m1/s1. The van der Waals surface area contributed by atoms with Crippen LogP contribution in [0.3, 0.4) is 0 Å². The first-order chi connectivity index (χ1) is 16.9. The largest absolute Gasteiger partial charge is 0.465 e. The van der Waals surface area contributed by atoms with Crippen molar-refractivity contribution in [2.45, 2.75) is 97.4 Å². The van der Waals surface area contributed by atoms with Crippen LogP contribution in [0, 0.1) is 22.7 Å². The average molecular weight is 499 g/mol. The molecule has 0 saturated heterocycles. The van der Waals surface area contributed by atoms with Gasteiger partial charge in [0, 0.05) is 6.42 Å². The van der Waals surface area contributed by atoms with E-state index in [4.69, 9.17) is 4.74 Å². The third-order valence-electron chi connectivity index (χ3n) is 8.87. The molecule has 3 N–H and O–H groups in total. The van der Waals surface area contributed by atoms with Crippen LogP contribution in [0.15, 0.2) is 59.8 Å². The highest BCUT2D eigenvalue weighted by Crippen LogP contribution is 2.59. The fourth-order valence-electron chi connectivity index (χ4n) is 6.39. The molecule has 200 valence electrons. The van der Waals surface area contributed by atoms with Crippen molar-refractivity contribution in [3.05, 3.63) is 59.8 Å². The van der Waals surface area contributed by atoms with Crippen molar-refractivity contribution in [3.63, 3.8) is 0 Å². The van der Waals surface area contributed by atoms with Gasteiger partial charge in [-0.25, -0.2) is 0 Å². The Kier molecular flexibility index (Phi) is 9.24. The quantitative estimate of drug-likeness (QED) is 0.300. The summed E-state index contributed by atoms with van der Waals surface area (Å²) < 4.78 is 5.27. The Hall–Kier alpha value is -1.95. The van der Waals surface area contributed by atoms with Crippen molar-refractivity contribution in [1.29, 1.82) is 0 Å². The molecule has 6 atom stereocenters. The lowest BCUT2D eigenvalue weighted by Gasteiger charge is -2.42. The van der Waals surface area contributed by atoms with Crippen LogP contribution in [0.25, 0.3) is 0 Å². The van der Waals surface area contributed by atoms with Gasteiger partial charge < -0.3 is 20.1 Å².